The maximum Gasteiger partial charge on any atom is 0.387 e. The molecule has 0 aliphatic heterocycles. The summed E-state index contributed by atoms with van der Waals surface area (Å²) in [6.07, 6.45) is 1.43. The molecule has 25 heavy (non-hydrogen) atoms. The second kappa shape index (κ2) is 7.22. The lowest BCUT2D eigenvalue weighted by Crippen LogP contribution is -2.12. The molecule has 3 rings (SSSR count). The van der Waals surface area contributed by atoms with Crippen LogP contribution in [0.4, 0.5) is 14.5 Å². The number of benzene rings is 2. The highest BCUT2D eigenvalue weighted by Gasteiger charge is 2.11. The number of tetrazole rings is 1. The SMILES string of the molecule is O=C(Nc1ccc(OC(F)F)c(Cl)c1)c1ccc(-n2cnnn2)cc1. The molecule has 0 spiro atoms. The topological polar surface area (TPSA) is 81.9 Å². The van der Waals surface area contributed by atoms with Crippen LogP contribution in [0.5, 0.6) is 5.75 Å². The Morgan fingerprint density at radius 2 is 1.96 bits per heavy atom. The summed E-state index contributed by atoms with van der Waals surface area (Å²) < 4.78 is 30.1. The highest BCUT2D eigenvalue weighted by molar-refractivity contribution is 6.32. The molecule has 0 saturated carbocycles. The van der Waals surface area contributed by atoms with Crippen molar-refractivity contribution in [2.24, 2.45) is 0 Å². The van der Waals surface area contributed by atoms with Gasteiger partial charge in [-0.2, -0.15) is 8.78 Å². The first kappa shape index (κ1) is 16.8. The van der Waals surface area contributed by atoms with E-state index in [0.717, 1.165) is 0 Å². The van der Waals surface area contributed by atoms with E-state index in [1.165, 1.54) is 29.2 Å². The summed E-state index contributed by atoms with van der Waals surface area (Å²) in [5.41, 5.74) is 1.43. The van der Waals surface area contributed by atoms with Crippen LogP contribution in [0.2, 0.25) is 5.02 Å². The molecule has 128 valence electrons. The molecule has 0 aliphatic rings. The lowest BCUT2D eigenvalue weighted by Gasteiger charge is -2.10. The van der Waals surface area contributed by atoms with Crippen molar-refractivity contribution in [1.82, 2.24) is 20.2 Å². The third-order valence-corrected chi connectivity index (χ3v) is 3.44. The van der Waals surface area contributed by atoms with Crippen molar-refractivity contribution >= 4 is 23.2 Å². The average Bonchev–Trinajstić information content (AvgIpc) is 3.12. The largest absolute Gasteiger partial charge is 0.433 e. The monoisotopic (exact) mass is 365 g/mol. The molecule has 3 aromatic rings. The van der Waals surface area contributed by atoms with Gasteiger partial charge in [0, 0.05) is 11.3 Å². The van der Waals surface area contributed by atoms with Crippen LogP contribution in [0, 0.1) is 0 Å². The summed E-state index contributed by atoms with van der Waals surface area (Å²) in [5, 5.41) is 13.4. The van der Waals surface area contributed by atoms with Crippen LogP contribution in [0.15, 0.2) is 48.8 Å². The fourth-order valence-corrected chi connectivity index (χ4v) is 2.24. The Hall–Kier alpha value is -3.07. The Bertz CT molecular complexity index is 872. The van der Waals surface area contributed by atoms with Crippen molar-refractivity contribution in [2.75, 3.05) is 5.32 Å². The van der Waals surface area contributed by atoms with E-state index < -0.39 is 6.61 Å². The predicted octanol–water partition coefficient (Wildman–Crippen LogP) is 3.17. The molecule has 1 heterocycles. The maximum atomic E-state index is 12.2. The van der Waals surface area contributed by atoms with Crippen molar-refractivity contribution in [3.63, 3.8) is 0 Å². The van der Waals surface area contributed by atoms with Gasteiger partial charge in [-0.05, 0) is 52.9 Å². The van der Waals surface area contributed by atoms with E-state index >= 15 is 0 Å². The van der Waals surface area contributed by atoms with Crippen LogP contribution in [0.3, 0.4) is 0 Å². The van der Waals surface area contributed by atoms with Crippen LogP contribution in [-0.4, -0.2) is 32.7 Å². The molecule has 2 aromatic carbocycles. The molecule has 0 unspecified atom stereocenters. The van der Waals surface area contributed by atoms with E-state index in [4.69, 9.17) is 11.6 Å². The van der Waals surface area contributed by atoms with Crippen LogP contribution >= 0.6 is 11.6 Å². The van der Waals surface area contributed by atoms with Gasteiger partial charge in [-0.25, -0.2) is 4.68 Å². The minimum atomic E-state index is -2.98. The third kappa shape index (κ3) is 4.07. The molecule has 0 atom stereocenters. The van der Waals surface area contributed by atoms with Gasteiger partial charge in [-0.15, -0.1) is 5.10 Å². The number of halogens is 3. The summed E-state index contributed by atoms with van der Waals surface area (Å²) in [7, 11) is 0. The van der Waals surface area contributed by atoms with E-state index in [0.29, 0.717) is 16.9 Å². The maximum absolute atomic E-state index is 12.2. The van der Waals surface area contributed by atoms with Gasteiger partial charge >= 0.3 is 6.61 Å². The molecule has 0 aliphatic carbocycles. The summed E-state index contributed by atoms with van der Waals surface area (Å²) in [6, 6.07) is 10.6. The fraction of sp³-hybridized carbons (Fsp3) is 0.0667. The quantitative estimate of drug-likeness (QED) is 0.751. The zero-order chi connectivity index (χ0) is 17.8. The fourth-order valence-electron chi connectivity index (χ4n) is 2.02. The molecular formula is C15H10ClF2N5O2. The number of carbonyl (C=O) groups excluding carboxylic acids is 1. The Kier molecular flexibility index (Phi) is 4.85. The first-order valence-electron chi connectivity index (χ1n) is 6.92. The highest BCUT2D eigenvalue weighted by atomic mass is 35.5. The number of ether oxygens (including phenoxy) is 1. The van der Waals surface area contributed by atoms with Crippen LogP contribution in [-0.2, 0) is 0 Å². The number of anilines is 1. The standard InChI is InChI=1S/C15H10ClF2N5O2/c16-12-7-10(3-6-13(12)25-15(17)18)20-14(24)9-1-4-11(5-2-9)23-8-19-21-22-23/h1-8,15H,(H,20,24). The Morgan fingerprint density at radius 3 is 2.56 bits per heavy atom. The van der Waals surface area contributed by atoms with E-state index in [2.05, 4.69) is 25.6 Å². The Labute approximate surface area is 145 Å². The first-order chi connectivity index (χ1) is 12.0. The van der Waals surface area contributed by atoms with E-state index in [1.807, 2.05) is 0 Å². The Balaban J connectivity index is 1.70. The van der Waals surface area contributed by atoms with Gasteiger partial charge in [-0.3, -0.25) is 4.79 Å². The molecule has 0 saturated heterocycles. The minimum absolute atomic E-state index is 0.0351. The molecule has 10 heteroatoms. The first-order valence-corrected chi connectivity index (χ1v) is 7.30. The number of hydrogen-bond acceptors (Lipinski definition) is 5. The number of aromatic nitrogens is 4. The van der Waals surface area contributed by atoms with Gasteiger partial charge in [0.2, 0.25) is 0 Å². The number of hydrogen-bond donors (Lipinski definition) is 1. The summed E-state index contributed by atoms with van der Waals surface area (Å²) in [6.45, 7) is -2.98. The third-order valence-electron chi connectivity index (χ3n) is 3.15. The van der Waals surface area contributed by atoms with Crippen molar-refractivity contribution in [2.45, 2.75) is 6.61 Å². The normalized spacial score (nSPS) is 10.7. The zero-order valence-corrected chi connectivity index (χ0v) is 13.2. The van der Waals surface area contributed by atoms with Crippen molar-refractivity contribution < 1.29 is 18.3 Å². The summed E-state index contributed by atoms with van der Waals surface area (Å²) in [5.74, 6) is -0.553. The van der Waals surface area contributed by atoms with E-state index in [9.17, 15) is 13.6 Å². The highest BCUT2D eigenvalue weighted by Crippen LogP contribution is 2.29. The van der Waals surface area contributed by atoms with Crippen molar-refractivity contribution in [3.05, 3.63) is 59.4 Å². The number of rotatable bonds is 5. The van der Waals surface area contributed by atoms with E-state index in [-0.39, 0.29) is 16.7 Å². The zero-order valence-electron chi connectivity index (χ0n) is 12.4. The van der Waals surface area contributed by atoms with Crippen LogP contribution < -0.4 is 10.1 Å². The second-order valence-corrected chi connectivity index (χ2v) is 5.19. The van der Waals surface area contributed by atoms with E-state index in [1.54, 1.807) is 24.3 Å². The number of nitrogens with one attached hydrogen (secondary N) is 1. The number of alkyl halides is 2. The van der Waals surface area contributed by atoms with Gasteiger partial charge < -0.3 is 10.1 Å². The van der Waals surface area contributed by atoms with Gasteiger partial charge in [-0.1, -0.05) is 11.6 Å². The van der Waals surface area contributed by atoms with Gasteiger partial charge in [0.25, 0.3) is 5.91 Å². The average molecular weight is 366 g/mol. The van der Waals surface area contributed by atoms with Crippen molar-refractivity contribution in [3.8, 4) is 11.4 Å². The molecule has 0 radical (unpaired) electrons. The summed E-state index contributed by atoms with van der Waals surface area (Å²) >= 11 is 5.85. The molecular weight excluding hydrogens is 356 g/mol. The molecule has 1 amide bonds. The number of nitrogens with zero attached hydrogens (tertiary/aromatic N) is 4. The molecule has 0 bridgehead atoms. The minimum Gasteiger partial charge on any atom is -0.433 e. The molecule has 7 nitrogen and oxygen atoms in total. The second-order valence-electron chi connectivity index (χ2n) is 4.78. The van der Waals surface area contributed by atoms with Gasteiger partial charge in [0.15, 0.2) is 0 Å². The number of amides is 1. The lowest BCUT2D eigenvalue weighted by atomic mass is 10.2. The summed E-state index contributed by atoms with van der Waals surface area (Å²) in [4.78, 5) is 12.2. The van der Waals surface area contributed by atoms with Crippen LogP contribution in [0.25, 0.3) is 5.69 Å². The smallest absolute Gasteiger partial charge is 0.387 e. The van der Waals surface area contributed by atoms with Crippen LogP contribution in [0.1, 0.15) is 10.4 Å². The molecule has 1 aromatic heterocycles. The lowest BCUT2D eigenvalue weighted by molar-refractivity contribution is -0.0497. The predicted molar refractivity (Wildman–Crippen MR) is 85.2 cm³/mol. The number of carbonyl (C=O) groups is 1. The van der Waals surface area contributed by atoms with Crippen molar-refractivity contribution in [1.29, 1.82) is 0 Å². The molecule has 1 N–H and O–H groups in total. The van der Waals surface area contributed by atoms with Gasteiger partial charge in [0.05, 0.1) is 10.7 Å². The molecule has 0 fully saturated rings. The Morgan fingerprint density at radius 1 is 1.20 bits per heavy atom. The van der Waals surface area contributed by atoms with Gasteiger partial charge in [0.1, 0.15) is 12.1 Å².